The van der Waals surface area contributed by atoms with Gasteiger partial charge in [-0.25, -0.2) is 0 Å². The van der Waals surface area contributed by atoms with Gasteiger partial charge in [-0.1, -0.05) is 6.07 Å². The van der Waals surface area contributed by atoms with Crippen LogP contribution in [0.25, 0.3) is 0 Å². The van der Waals surface area contributed by atoms with E-state index in [4.69, 9.17) is 5.73 Å². The molecular formula is C15H21N3O. The first kappa shape index (κ1) is 12.5. The second-order valence-corrected chi connectivity index (χ2v) is 5.49. The number of nitrogen functional groups attached to an aromatic ring is 1. The summed E-state index contributed by atoms with van der Waals surface area (Å²) in [4.78, 5) is 14.4. The SMILES string of the molecule is Nc1cccc2c1CCCN2C(=O)CC1CCCN1. The maximum atomic E-state index is 12.5. The molecule has 1 aromatic rings. The quantitative estimate of drug-likeness (QED) is 0.795. The summed E-state index contributed by atoms with van der Waals surface area (Å²) in [6.45, 7) is 1.86. The Balaban J connectivity index is 1.79. The molecule has 102 valence electrons. The van der Waals surface area contributed by atoms with Gasteiger partial charge in [0, 0.05) is 30.4 Å². The lowest BCUT2D eigenvalue weighted by Crippen LogP contribution is -2.39. The van der Waals surface area contributed by atoms with E-state index in [1.165, 1.54) is 6.42 Å². The molecule has 0 spiro atoms. The first-order chi connectivity index (χ1) is 9.25. The molecule has 0 aromatic heterocycles. The lowest BCUT2D eigenvalue weighted by Gasteiger charge is -2.31. The van der Waals surface area contributed by atoms with Gasteiger partial charge in [0.25, 0.3) is 0 Å². The third-order valence-electron chi connectivity index (χ3n) is 4.17. The molecule has 2 heterocycles. The number of rotatable bonds is 2. The summed E-state index contributed by atoms with van der Waals surface area (Å²) in [5, 5.41) is 3.39. The lowest BCUT2D eigenvalue weighted by atomic mass is 9.99. The number of carbonyl (C=O) groups excluding carboxylic acids is 1. The third kappa shape index (κ3) is 2.45. The van der Waals surface area contributed by atoms with Gasteiger partial charge in [-0.2, -0.15) is 0 Å². The molecule has 1 fully saturated rings. The molecule has 1 unspecified atom stereocenters. The van der Waals surface area contributed by atoms with E-state index in [1.807, 2.05) is 23.1 Å². The second kappa shape index (κ2) is 5.21. The highest BCUT2D eigenvalue weighted by atomic mass is 16.2. The monoisotopic (exact) mass is 259 g/mol. The number of hydrogen-bond donors (Lipinski definition) is 2. The standard InChI is InChI=1S/C15H21N3O/c16-13-6-1-7-14-12(13)5-3-9-18(14)15(19)10-11-4-2-8-17-11/h1,6-7,11,17H,2-5,8-10,16H2. The first-order valence-electron chi connectivity index (χ1n) is 7.17. The maximum absolute atomic E-state index is 12.5. The predicted octanol–water partition coefficient (Wildman–Crippen LogP) is 1.69. The highest BCUT2D eigenvalue weighted by Crippen LogP contribution is 2.31. The van der Waals surface area contributed by atoms with Crippen LogP contribution in [0.2, 0.25) is 0 Å². The van der Waals surface area contributed by atoms with Crippen LogP contribution in [-0.2, 0) is 11.2 Å². The molecule has 2 aliphatic rings. The topological polar surface area (TPSA) is 58.4 Å². The average Bonchev–Trinajstić information content (AvgIpc) is 2.91. The van der Waals surface area contributed by atoms with Crippen LogP contribution < -0.4 is 16.0 Å². The Morgan fingerprint density at radius 3 is 3.11 bits per heavy atom. The summed E-state index contributed by atoms with van der Waals surface area (Å²) in [5.41, 5.74) is 8.99. The van der Waals surface area contributed by atoms with Gasteiger partial charge in [0.15, 0.2) is 0 Å². The van der Waals surface area contributed by atoms with Crippen molar-refractivity contribution in [3.63, 3.8) is 0 Å². The second-order valence-electron chi connectivity index (χ2n) is 5.49. The smallest absolute Gasteiger partial charge is 0.228 e. The van der Waals surface area contributed by atoms with Crippen LogP contribution in [-0.4, -0.2) is 25.0 Å². The van der Waals surface area contributed by atoms with E-state index in [9.17, 15) is 4.79 Å². The lowest BCUT2D eigenvalue weighted by molar-refractivity contribution is -0.119. The van der Waals surface area contributed by atoms with E-state index >= 15 is 0 Å². The minimum absolute atomic E-state index is 0.228. The fourth-order valence-electron chi connectivity index (χ4n) is 3.16. The van der Waals surface area contributed by atoms with Crippen molar-refractivity contribution in [2.45, 2.75) is 38.1 Å². The molecule has 1 saturated heterocycles. The Labute approximate surface area is 114 Å². The summed E-state index contributed by atoms with van der Waals surface area (Å²) in [7, 11) is 0. The number of nitrogens with two attached hydrogens (primary N) is 1. The Morgan fingerprint density at radius 1 is 1.42 bits per heavy atom. The van der Waals surface area contributed by atoms with Crippen LogP contribution in [0.1, 0.15) is 31.2 Å². The molecule has 3 N–H and O–H groups in total. The van der Waals surface area contributed by atoms with Crippen molar-refractivity contribution < 1.29 is 4.79 Å². The van der Waals surface area contributed by atoms with Crippen molar-refractivity contribution in [3.8, 4) is 0 Å². The van der Waals surface area contributed by atoms with Crippen molar-refractivity contribution in [2.24, 2.45) is 0 Å². The molecular weight excluding hydrogens is 238 g/mol. The normalized spacial score (nSPS) is 22.3. The molecule has 1 aromatic carbocycles. The van der Waals surface area contributed by atoms with Gasteiger partial charge >= 0.3 is 0 Å². The maximum Gasteiger partial charge on any atom is 0.228 e. The summed E-state index contributed by atoms with van der Waals surface area (Å²) in [6.07, 6.45) is 4.89. The Morgan fingerprint density at radius 2 is 2.32 bits per heavy atom. The van der Waals surface area contributed by atoms with Gasteiger partial charge in [0.1, 0.15) is 0 Å². The molecule has 1 atom stereocenters. The van der Waals surface area contributed by atoms with E-state index in [0.717, 1.165) is 49.3 Å². The summed E-state index contributed by atoms with van der Waals surface area (Å²) < 4.78 is 0. The summed E-state index contributed by atoms with van der Waals surface area (Å²) >= 11 is 0. The molecule has 4 heteroatoms. The molecule has 0 saturated carbocycles. The molecule has 3 rings (SSSR count). The molecule has 19 heavy (non-hydrogen) atoms. The number of benzene rings is 1. The van der Waals surface area contributed by atoms with E-state index in [1.54, 1.807) is 0 Å². The van der Waals surface area contributed by atoms with Gasteiger partial charge in [-0.05, 0) is 49.9 Å². The van der Waals surface area contributed by atoms with E-state index in [0.29, 0.717) is 12.5 Å². The zero-order chi connectivity index (χ0) is 13.2. The Hall–Kier alpha value is -1.55. The van der Waals surface area contributed by atoms with Crippen LogP contribution in [0, 0.1) is 0 Å². The van der Waals surface area contributed by atoms with Crippen molar-refractivity contribution >= 4 is 17.3 Å². The Bertz CT molecular complexity index is 480. The first-order valence-corrected chi connectivity index (χ1v) is 7.17. The molecule has 0 bridgehead atoms. The van der Waals surface area contributed by atoms with Gasteiger partial charge < -0.3 is 16.0 Å². The van der Waals surface area contributed by atoms with E-state index < -0.39 is 0 Å². The van der Waals surface area contributed by atoms with Crippen molar-refractivity contribution in [1.29, 1.82) is 0 Å². The van der Waals surface area contributed by atoms with Crippen molar-refractivity contribution in [1.82, 2.24) is 5.32 Å². The fourth-order valence-corrected chi connectivity index (χ4v) is 3.16. The van der Waals surface area contributed by atoms with Crippen LogP contribution in [0.15, 0.2) is 18.2 Å². The summed E-state index contributed by atoms with van der Waals surface area (Å²) in [6, 6.07) is 6.24. The third-order valence-corrected chi connectivity index (χ3v) is 4.17. The molecule has 0 radical (unpaired) electrons. The zero-order valence-corrected chi connectivity index (χ0v) is 11.2. The summed E-state index contributed by atoms with van der Waals surface area (Å²) in [5.74, 6) is 0.228. The fraction of sp³-hybridized carbons (Fsp3) is 0.533. The number of fused-ring (bicyclic) bond motifs is 1. The van der Waals surface area contributed by atoms with E-state index in [2.05, 4.69) is 5.32 Å². The van der Waals surface area contributed by atoms with Gasteiger partial charge in [0.05, 0.1) is 0 Å². The Kier molecular flexibility index (Phi) is 3.42. The number of hydrogen-bond acceptors (Lipinski definition) is 3. The van der Waals surface area contributed by atoms with Crippen molar-refractivity contribution in [2.75, 3.05) is 23.7 Å². The van der Waals surface area contributed by atoms with Crippen LogP contribution in [0.5, 0.6) is 0 Å². The zero-order valence-electron chi connectivity index (χ0n) is 11.2. The number of nitrogens with zero attached hydrogens (tertiary/aromatic N) is 1. The number of amides is 1. The minimum atomic E-state index is 0.228. The molecule has 0 aliphatic carbocycles. The number of carbonyl (C=O) groups is 1. The molecule has 4 nitrogen and oxygen atoms in total. The highest BCUT2D eigenvalue weighted by molar-refractivity contribution is 5.95. The number of anilines is 2. The van der Waals surface area contributed by atoms with Crippen LogP contribution >= 0.6 is 0 Å². The van der Waals surface area contributed by atoms with Crippen molar-refractivity contribution in [3.05, 3.63) is 23.8 Å². The largest absolute Gasteiger partial charge is 0.398 e. The average molecular weight is 259 g/mol. The van der Waals surface area contributed by atoms with Gasteiger partial charge in [-0.15, -0.1) is 0 Å². The highest BCUT2D eigenvalue weighted by Gasteiger charge is 2.26. The molecule has 2 aliphatic heterocycles. The minimum Gasteiger partial charge on any atom is -0.398 e. The van der Waals surface area contributed by atoms with E-state index in [-0.39, 0.29) is 5.91 Å². The van der Waals surface area contributed by atoms with Gasteiger partial charge in [-0.3, -0.25) is 4.79 Å². The van der Waals surface area contributed by atoms with Crippen LogP contribution in [0.3, 0.4) is 0 Å². The van der Waals surface area contributed by atoms with Crippen LogP contribution in [0.4, 0.5) is 11.4 Å². The number of nitrogens with one attached hydrogen (secondary N) is 1. The predicted molar refractivity (Wildman–Crippen MR) is 77.2 cm³/mol. The van der Waals surface area contributed by atoms with Gasteiger partial charge in [0.2, 0.25) is 5.91 Å². The molecule has 1 amide bonds.